The Morgan fingerprint density at radius 2 is 1.57 bits per heavy atom. The molecule has 1 atom stereocenters. The number of halogens is 5. The Labute approximate surface area is 153 Å². The Bertz CT molecular complexity index is 481. The predicted octanol–water partition coefficient (Wildman–Crippen LogP) is 4.60. The third-order valence-electron chi connectivity index (χ3n) is 4.73. The molecular formula is C16H23Cl3F2N2. The normalized spacial score (nSPS) is 20.7. The first-order valence-corrected chi connectivity index (χ1v) is 8.14. The van der Waals surface area contributed by atoms with E-state index in [0.29, 0.717) is 5.92 Å². The summed E-state index contributed by atoms with van der Waals surface area (Å²) in [7, 11) is 0. The minimum Gasteiger partial charge on any atom is -0.314 e. The van der Waals surface area contributed by atoms with Gasteiger partial charge in [-0.2, -0.15) is 0 Å². The van der Waals surface area contributed by atoms with Crippen LogP contribution in [0.25, 0.3) is 0 Å². The molecule has 1 saturated heterocycles. The molecule has 1 heterocycles. The highest BCUT2D eigenvalue weighted by molar-refractivity contribution is 6.30. The van der Waals surface area contributed by atoms with Gasteiger partial charge in [-0.25, -0.2) is 8.78 Å². The summed E-state index contributed by atoms with van der Waals surface area (Å²) < 4.78 is 28.8. The Hall–Kier alpha value is -0.130. The second-order valence-corrected chi connectivity index (χ2v) is 6.49. The molecule has 2 aliphatic rings. The monoisotopic (exact) mass is 386 g/mol. The molecule has 0 unspecified atom stereocenters. The van der Waals surface area contributed by atoms with Gasteiger partial charge in [0.1, 0.15) is 11.6 Å². The van der Waals surface area contributed by atoms with Gasteiger partial charge < -0.3 is 5.32 Å². The predicted molar refractivity (Wildman–Crippen MR) is 95.0 cm³/mol. The number of nitrogens with zero attached hydrogens (tertiary/aromatic N) is 1. The summed E-state index contributed by atoms with van der Waals surface area (Å²) in [6, 6.07) is 2.32. The lowest BCUT2D eigenvalue weighted by Gasteiger charge is -2.38. The molecule has 1 aliphatic heterocycles. The van der Waals surface area contributed by atoms with Crippen molar-refractivity contribution in [2.75, 3.05) is 26.2 Å². The van der Waals surface area contributed by atoms with Gasteiger partial charge in [0.2, 0.25) is 0 Å². The Morgan fingerprint density at radius 1 is 1.04 bits per heavy atom. The number of benzene rings is 1. The van der Waals surface area contributed by atoms with E-state index in [1.807, 2.05) is 0 Å². The molecule has 1 N–H and O–H groups in total. The van der Waals surface area contributed by atoms with Gasteiger partial charge in [-0.15, -0.1) is 24.8 Å². The van der Waals surface area contributed by atoms with E-state index in [1.165, 1.54) is 12.1 Å². The van der Waals surface area contributed by atoms with Crippen molar-refractivity contribution in [2.45, 2.75) is 31.7 Å². The van der Waals surface area contributed by atoms with Gasteiger partial charge in [-0.3, -0.25) is 4.90 Å². The average molecular weight is 388 g/mol. The molecule has 1 saturated carbocycles. The lowest BCUT2D eigenvalue weighted by atomic mass is 9.89. The number of nitrogens with one attached hydrogen (secondary N) is 1. The van der Waals surface area contributed by atoms with Crippen molar-refractivity contribution in [3.8, 4) is 0 Å². The van der Waals surface area contributed by atoms with Gasteiger partial charge in [0.15, 0.2) is 0 Å². The third kappa shape index (κ3) is 4.70. The van der Waals surface area contributed by atoms with E-state index in [2.05, 4.69) is 10.2 Å². The zero-order chi connectivity index (χ0) is 14.8. The maximum absolute atomic E-state index is 14.4. The van der Waals surface area contributed by atoms with Crippen molar-refractivity contribution in [2.24, 2.45) is 5.92 Å². The van der Waals surface area contributed by atoms with Crippen molar-refractivity contribution in [3.63, 3.8) is 0 Å². The van der Waals surface area contributed by atoms with Gasteiger partial charge in [0.05, 0.1) is 0 Å². The van der Waals surface area contributed by atoms with Gasteiger partial charge in [-0.05, 0) is 30.9 Å². The molecule has 1 aromatic carbocycles. The van der Waals surface area contributed by atoms with E-state index in [4.69, 9.17) is 11.6 Å². The van der Waals surface area contributed by atoms with Gasteiger partial charge in [0, 0.05) is 42.8 Å². The number of hydrogen-bond acceptors (Lipinski definition) is 2. The van der Waals surface area contributed by atoms with Crippen LogP contribution in [-0.4, -0.2) is 31.1 Å². The van der Waals surface area contributed by atoms with Crippen LogP contribution in [0.5, 0.6) is 0 Å². The zero-order valence-electron chi connectivity index (χ0n) is 12.9. The smallest absolute Gasteiger partial charge is 0.132 e. The summed E-state index contributed by atoms with van der Waals surface area (Å²) in [5, 5.41) is 3.42. The van der Waals surface area contributed by atoms with Crippen LogP contribution < -0.4 is 5.32 Å². The van der Waals surface area contributed by atoms with Crippen LogP contribution >= 0.6 is 36.4 Å². The van der Waals surface area contributed by atoms with Crippen LogP contribution in [0, 0.1) is 17.6 Å². The molecule has 0 amide bonds. The fourth-order valence-corrected chi connectivity index (χ4v) is 3.98. The summed E-state index contributed by atoms with van der Waals surface area (Å²) in [6.07, 6.45) is 4.42. The average Bonchev–Trinajstić information content (AvgIpc) is 2.97. The quantitative estimate of drug-likeness (QED) is 0.815. The Kier molecular flexibility index (Phi) is 8.53. The Balaban J connectivity index is 0.00000132. The van der Waals surface area contributed by atoms with E-state index < -0.39 is 11.6 Å². The molecule has 1 aliphatic carbocycles. The SMILES string of the molecule is Cl.Cl.Fc1cc(Cl)cc(F)c1[C@@H](C1CCCC1)N1CCNCC1. The molecule has 0 bridgehead atoms. The topological polar surface area (TPSA) is 15.3 Å². The third-order valence-corrected chi connectivity index (χ3v) is 4.95. The van der Waals surface area contributed by atoms with E-state index >= 15 is 0 Å². The summed E-state index contributed by atoms with van der Waals surface area (Å²) in [6.45, 7) is 3.42. The molecule has 0 radical (unpaired) electrons. The summed E-state index contributed by atoms with van der Waals surface area (Å²) >= 11 is 5.77. The zero-order valence-corrected chi connectivity index (χ0v) is 15.3. The van der Waals surface area contributed by atoms with E-state index in [1.54, 1.807) is 0 Å². The lowest BCUT2D eigenvalue weighted by Crippen LogP contribution is -2.47. The minimum atomic E-state index is -0.504. The van der Waals surface area contributed by atoms with E-state index in [-0.39, 0.29) is 41.4 Å². The van der Waals surface area contributed by atoms with Crippen LogP contribution in [0.2, 0.25) is 5.02 Å². The van der Waals surface area contributed by atoms with Crippen molar-refractivity contribution in [1.29, 1.82) is 0 Å². The molecule has 7 heteroatoms. The molecule has 2 fully saturated rings. The fraction of sp³-hybridized carbons (Fsp3) is 0.625. The van der Waals surface area contributed by atoms with Crippen LogP contribution in [0.15, 0.2) is 12.1 Å². The molecule has 132 valence electrons. The minimum absolute atomic E-state index is 0. The van der Waals surface area contributed by atoms with Crippen LogP contribution in [0.3, 0.4) is 0 Å². The number of rotatable bonds is 3. The molecule has 0 aromatic heterocycles. The van der Waals surface area contributed by atoms with Crippen molar-refractivity contribution in [3.05, 3.63) is 34.4 Å². The first-order chi connectivity index (χ1) is 10.2. The van der Waals surface area contributed by atoms with Crippen LogP contribution in [0.1, 0.15) is 37.3 Å². The van der Waals surface area contributed by atoms with Crippen LogP contribution in [-0.2, 0) is 0 Å². The Morgan fingerprint density at radius 3 is 2.09 bits per heavy atom. The molecule has 0 spiro atoms. The highest BCUT2D eigenvalue weighted by atomic mass is 35.5. The molecule has 23 heavy (non-hydrogen) atoms. The lowest BCUT2D eigenvalue weighted by molar-refractivity contribution is 0.119. The summed E-state index contributed by atoms with van der Waals surface area (Å²) in [5.41, 5.74) is 0.216. The maximum Gasteiger partial charge on any atom is 0.132 e. The van der Waals surface area contributed by atoms with Crippen LogP contribution in [0.4, 0.5) is 8.78 Å². The molecule has 3 rings (SSSR count). The first-order valence-electron chi connectivity index (χ1n) is 7.76. The molecular weight excluding hydrogens is 365 g/mol. The molecule has 2 nitrogen and oxygen atoms in total. The fourth-order valence-electron chi connectivity index (χ4n) is 3.79. The van der Waals surface area contributed by atoms with Crippen molar-refractivity contribution < 1.29 is 8.78 Å². The van der Waals surface area contributed by atoms with Gasteiger partial charge in [0.25, 0.3) is 0 Å². The first kappa shape index (κ1) is 20.9. The second kappa shape index (κ2) is 9.38. The second-order valence-electron chi connectivity index (χ2n) is 6.06. The molecule has 1 aromatic rings. The van der Waals surface area contributed by atoms with Crippen molar-refractivity contribution >= 4 is 36.4 Å². The highest BCUT2D eigenvalue weighted by Gasteiger charge is 2.35. The summed E-state index contributed by atoms with van der Waals surface area (Å²) in [5.74, 6) is -0.667. The van der Waals surface area contributed by atoms with Crippen molar-refractivity contribution in [1.82, 2.24) is 10.2 Å². The standard InChI is InChI=1S/C16H21ClF2N2.2ClH/c17-12-9-13(18)15(14(19)10-12)16(11-3-1-2-4-11)21-7-5-20-6-8-21;;/h9-11,16,20H,1-8H2;2*1H/t16-;;/m1../s1. The van der Waals surface area contributed by atoms with Gasteiger partial charge in [-0.1, -0.05) is 24.4 Å². The number of hydrogen-bond donors (Lipinski definition) is 1. The van der Waals surface area contributed by atoms with E-state index in [0.717, 1.165) is 51.9 Å². The highest BCUT2D eigenvalue weighted by Crippen LogP contribution is 2.41. The number of piperazine rings is 1. The van der Waals surface area contributed by atoms with Gasteiger partial charge >= 0.3 is 0 Å². The maximum atomic E-state index is 14.4. The summed E-state index contributed by atoms with van der Waals surface area (Å²) in [4.78, 5) is 2.24. The van der Waals surface area contributed by atoms with E-state index in [9.17, 15) is 8.78 Å². The largest absolute Gasteiger partial charge is 0.314 e.